The van der Waals surface area contributed by atoms with E-state index in [1.54, 1.807) is 0 Å². The molecule has 0 aromatic rings. The zero-order chi connectivity index (χ0) is 13.2. The van der Waals surface area contributed by atoms with Crippen LogP contribution >= 0.6 is 11.8 Å². The van der Waals surface area contributed by atoms with Crippen LogP contribution in [0, 0.1) is 5.92 Å². The van der Waals surface area contributed by atoms with Crippen molar-refractivity contribution in [3.05, 3.63) is 0 Å². The molecule has 2 aliphatic heterocycles. The van der Waals surface area contributed by atoms with Crippen molar-refractivity contribution in [2.75, 3.05) is 31.2 Å². The van der Waals surface area contributed by atoms with Crippen LogP contribution in [0.5, 0.6) is 0 Å². The average molecular weight is 272 g/mol. The normalized spacial score (nSPS) is 39.2. The first kappa shape index (κ1) is 14.6. The lowest BCUT2D eigenvalue weighted by Crippen LogP contribution is -2.63. The van der Waals surface area contributed by atoms with Crippen molar-refractivity contribution in [3.63, 3.8) is 0 Å². The van der Waals surface area contributed by atoms with Gasteiger partial charge in [0.05, 0.1) is 6.10 Å². The first-order valence-corrected chi connectivity index (χ1v) is 8.41. The number of nitrogens with zero attached hydrogens (tertiary/aromatic N) is 1. The van der Waals surface area contributed by atoms with Gasteiger partial charge in [-0.15, -0.1) is 0 Å². The van der Waals surface area contributed by atoms with E-state index in [4.69, 9.17) is 10.5 Å². The van der Waals surface area contributed by atoms with Crippen LogP contribution < -0.4 is 5.73 Å². The number of thioether (sulfide) groups is 1. The predicted molar refractivity (Wildman–Crippen MR) is 79.1 cm³/mol. The molecule has 3 nitrogen and oxygen atoms in total. The summed E-state index contributed by atoms with van der Waals surface area (Å²) in [5.41, 5.74) is 6.38. The maximum Gasteiger partial charge on any atom is 0.0616 e. The molecule has 0 saturated carbocycles. The van der Waals surface area contributed by atoms with Crippen molar-refractivity contribution in [1.82, 2.24) is 4.90 Å². The van der Waals surface area contributed by atoms with Crippen LogP contribution in [0.1, 0.15) is 33.6 Å². The van der Waals surface area contributed by atoms with Gasteiger partial charge in [-0.3, -0.25) is 4.90 Å². The van der Waals surface area contributed by atoms with E-state index >= 15 is 0 Å². The molecule has 0 aromatic heterocycles. The predicted octanol–water partition coefficient (Wildman–Crippen LogP) is 1.96. The Morgan fingerprint density at radius 1 is 1.50 bits per heavy atom. The Kier molecular flexibility index (Phi) is 4.98. The highest BCUT2D eigenvalue weighted by molar-refractivity contribution is 7.99. The van der Waals surface area contributed by atoms with Gasteiger partial charge in [-0.05, 0) is 25.7 Å². The van der Waals surface area contributed by atoms with E-state index in [0.29, 0.717) is 18.1 Å². The molecule has 3 atom stereocenters. The van der Waals surface area contributed by atoms with Crippen molar-refractivity contribution >= 4 is 11.8 Å². The number of ether oxygens (including phenoxy) is 1. The molecule has 2 N–H and O–H groups in total. The van der Waals surface area contributed by atoms with Crippen LogP contribution in [0.15, 0.2) is 0 Å². The van der Waals surface area contributed by atoms with Crippen LogP contribution in [0.25, 0.3) is 0 Å². The Bertz CT molecular complexity index is 275. The maximum atomic E-state index is 6.19. The molecule has 4 heteroatoms. The minimum absolute atomic E-state index is 0.188. The summed E-state index contributed by atoms with van der Waals surface area (Å²) in [5, 5.41) is 0. The summed E-state index contributed by atoms with van der Waals surface area (Å²) < 4.78 is 5.94. The average Bonchev–Trinajstić information content (AvgIpc) is 2.39. The van der Waals surface area contributed by atoms with Gasteiger partial charge in [-0.25, -0.2) is 0 Å². The Morgan fingerprint density at radius 3 is 2.89 bits per heavy atom. The molecule has 2 rings (SSSR count). The van der Waals surface area contributed by atoms with Crippen molar-refractivity contribution in [2.24, 2.45) is 11.7 Å². The van der Waals surface area contributed by atoms with Gasteiger partial charge in [0, 0.05) is 42.8 Å². The molecule has 18 heavy (non-hydrogen) atoms. The second kappa shape index (κ2) is 6.12. The SMILES string of the molecule is CC(C)C1CC(CN)(N2CCSCC2C)CCO1. The molecule has 2 saturated heterocycles. The standard InChI is InChI=1S/C14H28N2OS/c1-11(2)13-8-14(10-15,4-6-17-13)16-5-7-18-9-12(16)3/h11-13H,4-10,15H2,1-3H3. The van der Waals surface area contributed by atoms with Gasteiger partial charge in [0.1, 0.15) is 0 Å². The van der Waals surface area contributed by atoms with Gasteiger partial charge < -0.3 is 10.5 Å². The molecule has 2 heterocycles. The van der Waals surface area contributed by atoms with E-state index in [9.17, 15) is 0 Å². The fourth-order valence-corrected chi connectivity index (χ4v) is 4.37. The smallest absolute Gasteiger partial charge is 0.0616 e. The zero-order valence-electron chi connectivity index (χ0n) is 12.0. The van der Waals surface area contributed by atoms with Crippen molar-refractivity contribution in [2.45, 2.75) is 51.3 Å². The fraction of sp³-hybridized carbons (Fsp3) is 1.00. The Labute approximate surface area is 116 Å². The van der Waals surface area contributed by atoms with Crippen LogP contribution in [0.4, 0.5) is 0 Å². The largest absolute Gasteiger partial charge is 0.378 e. The Morgan fingerprint density at radius 2 is 2.28 bits per heavy atom. The Balaban J connectivity index is 2.13. The molecule has 0 aromatic carbocycles. The molecular weight excluding hydrogens is 244 g/mol. The number of nitrogens with two attached hydrogens (primary N) is 1. The van der Waals surface area contributed by atoms with Gasteiger partial charge in [0.2, 0.25) is 0 Å². The molecule has 106 valence electrons. The minimum Gasteiger partial charge on any atom is -0.378 e. The third-order valence-corrected chi connectivity index (χ3v) is 5.77. The van der Waals surface area contributed by atoms with Gasteiger partial charge in [-0.1, -0.05) is 13.8 Å². The van der Waals surface area contributed by atoms with Crippen LogP contribution in [0.2, 0.25) is 0 Å². The molecule has 3 unspecified atom stereocenters. The molecule has 0 aliphatic carbocycles. The maximum absolute atomic E-state index is 6.19. The molecule has 0 spiro atoms. The van der Waals surface area contributed by atoms with Gasteiger partial charge in [-0.2, -0.15) is 11.8 Å². The summed E-state index contributed by atoms with van der Waals surface area (Å²) in [4.78, 5) is 2.68. The van der Waals surface area contributed by atoms with Crippen LogP contribution in [0.3, 0.4) is 0 Å². The summed E-state index contributed by atoms with van der Waals surface area (Å²) in [6.45, 7) is 9.70. The van der Waals surface area contributed by atoms with Crippen molar-refractivity contribution in [1.29, 1.82) is 0 Å². The monoisotopic (exact) mass is 272 g/mol. The highest BCUT2D eigenvalue weighted by atomic mass is 32.2. The number of rotatable bonds is 3. The van der Waals surface area contributed by atoms with Crippen molar-refractivity contribution in [3.8, 4) is 0 Å². The second-order valence-corrected chi connectivity index (χ2v) is 7.30. The summed E-state index contributed by atoms with van der Waals surface area (Å²) in [7, 11) is 0. The summed E-state index contributed by atoms with van der Waals surface area (Å²) >= 11 is 2.07. The lowest BCUT2D eigenvalue weighted by atomic mass is 9.81. The topological polar surface area (TPSA) is 38.5 Å². The summed E-state index contributed by atoms with van der Waals surface area (Å²) in [6.07, 6.45) is 2.59. The fourth-order valence-electron chi connectivity index (χ4n) is 3.36. The van der Waals surface area contributed by atoms with E-state index in [2.05, 4.69) is 37.4 Å². The second-order valence-electron chi connectivity index (χ2n) is 6.15. The molecule has 2 fully saturated rings. The Hall–Kier alpha value is 0.230. The number of hydrogen-bond acceptors (Lipinski definition) is 4. The molecular formula is C14H28N2OS. The summed E-state index contributed by atoms with van der Waals surface area (Å²) in [6, 6.07) is 0.651. The lowest BCUT2D eigenvalue weighted by molar-refractivity contribution is -0.0939. The van der Waals surface area contributed by atoms with E-state index in [1.165, 1.54) is 18.1 Å². The highest BCUT2D eigenvalue weighted by Gasteiger charge is 2.43. The molecule has 2 aliphatic rings. The third kappa shape index (κ3) is 2.87. The van der Waals surface area contributed by atoms with Gasteiger partial charge in [0.15, 0.2) is 0 Å². The van der Waals surface area contributed by atoms with Crippen LogP contribution in [-0.4, -0.2) is 53.8 Å². The molecule has 0 radical (unpaired) electrons. The molecule has 0 amide bonds. The number of hydrogen-bond donors (Lipinski definition) is 1. The van der Waals surface area contributed by atoms with Crippen molar-refractivity contribution < 1.29 is 4.74 Å². The van der Waals surface area contributed by atoms with Gasteiger partial charge >= 0.3 is 0 Å². The summed E-state index contributed by atoms with van der Waals surface area (Å²) in [5.74, 6) is 3.08. The quantitative estimate of drug-likeness (QED) is 0.852. The minimum atomic E-state index is 0.188. The van der Waals surface area contributed by atoms with Gasteiger partial charge in [0.25, 0.3) is 0 Å². The highest BCUT2D eigenvalue weighted by Crippen LogP contribution is 2.36. The molecule has 0 bridgehead atoms. The van der Waals surface area contributed by atoms with E-state index in [0.717, 1.165) is 26.0 Å². The third-order valence-electron chi connectivity index (χ3n) is 4.58. The zero-order valence-corrected chi connectivity index (χ0v) is 12.8. The van der Waals surface area contributed by atoms with E-state index in [-0.39, 0.29) is 5.54 Å². The van der Waals surface area contributed by atoms with E-state index in [1.807, 2.05) is 0 Å². The first-order chi connectivity index (χ1) is 8.59. The lowest BCUT2D eigenvalue weighted by Gasteiger charge is -2.52. The van der Waals surface area contributed by atoms with E-state index < -0.39 is 0 Å². The van der Waals surface area contributed by atoms with Crippen LogP contribution in [-0.2, 0) is 4.74 Å². The first-order valence-electron chi connectivity index (χ1n) is 7.25.